The van der Waals surface area contributed by atoms with Crippen LogP contribution in [-0.2, 0) is 14.3 Å². The normalized spacial score (nSPS) is 41.5. The number of ether oxygens (including phenoxy) is 2. The highest BCUT2D eigenvalue weighted by Crippen LogP contribution is 2.68. The van der Waals surface area contributed by atoms with E-state index in [-0.39, 0.29) is 18.7 Å². The number of fused-ring (bicyclic) bond motifs is 5. The Bertz CT molecular complexity index is 730. The maximum absolute atomic E-state index is 12.2. The molecule has 0 aromatic heterocycles. The van der Waals surface area contributed by atoms with E-state index in [2.05, 4.69) is 41.2 Å². The lowest BCUT2D eigenvalue weighted by atomic mass is 9.44. The summed E-state index contributed by atoms with van der Waals surface area (Å²) >= 11 is 0. The van der Waals surface area contributed by atoms with Crippen molar-refractivity contribution in [3.63, 3.8) is 0 Å². The molecule has 0 radical (unpaired) electrons. The maximum Gasteiger partial charge on any atom is 0.332 e. The van der Waals surface area contributed by atoms with Crippen molar-refractivity contribution in [2.24, 2.45) is 52.3 Å². The van der Waals surface area contributed by atoms with Crippen LogP contribution in [-0.4, -0.2) is 25.3 Å². The van der Waals surface area contributed by atoms with Gasteiger partial charge in [-0.15, -0.1) is 6.58 Å². The second-order valence-electron chi connectivity index (χ2n) is 13.9. The van der Waals surface area contributed by atoms with Crippen LogP contribution in [0.4, 0.5) is 0 Å². The zero-order chi connectivity index (χ0) is 25.2. The molecule has 35 heavy (non-hydrogen) atoms. The Kier molecular flexibility index (Phi) is 8.77. The third-order valence-electron chi connectivity index (χ3n) is 11.6. The first-order valence-electron chi connectivity index (χ1n) is 15.1. The summed E-state index contributed by atoms with van der Waals surface area (Å²) < 4.78 is 11.1. The van der Waals surface area contributed by atoms with Crippen LogP contribution in [0.25, 0.3) is 0 Å². The second-order valence-corrected chi connectivity index (χ2v) is 13.9. The lowest BCUT2D eigenvalue weighted by Crippen LogP contribution is -2.54. The molecule has 5 unspecified atom stereocenters. The molecule has 0 aromatic carbocycles. The van der Waals surface area contributed by atoms with Crippen LogP contribution in [0.1, 0.15) is 112 Å². The van der Waals surface area contributed by atoms with Crippen molar-refractivity contribution in [3.8, 4) is 0 Å². The van der Waals surface area contributed by atoms with Gasteiger partial charge in [-0.25, -0.2) is 4.79 Å². The van der Waals surface area contributed by atoms with Crippen LogP contribution in [0.3, 0.4) is 0 Å². The molecule has 0 heterocycles. The van der Waals surface area contributed by atoms with Crippen molar-refractivity contribution in [1.29, 1.82) is 0 Å². The SMILES string of the molecule is C=CCOCC(=O)OC1CC[C@@]2(C)C(CCC3C2CC[C@@]2(C)C3CC[C@@H]2[C@H](C)CCCC(C)C)C1. The average Bonchev–Trinajstić information content (AvgIpc) is 3.16. The zero-order valence-electron chi connectivity index (χ0n) is 23.5. The van der Waals surface area contributed by atoms with Gasteiger partial charge < -0.3 is 9.47 Å². The van der Waals surface area contributed by atoms with Gasteiger partial charge in [0, 0.05) is 0 Å². The summed E-state index contributed by atoms with van der Waals surface area (Å²) in [5, 5.41) is 0. The first kappa shape index (κ1) is 27.2. The molecule has 9 atom stereocenters. The van der Waals surface area contributed by atoms with Crippen LogP contribution >= 0.6 is 0 Å². The fraction of sp³-hybridized carbons (Fsp3) is 0.906. The molecule has 200 valence electrons. The Hall–Kier alpha value is -0.830. The molecule has 4 aliphatic carbocycles. The molecule has 0 amide bonds. The molecule has 3 nitrogen and oxygen atoms in total. The van der Waals surface area contributed by atoms with Gasteiger partial charge in [-0.3, -0.25) is 0 Å². The largest absolute Gasteiger partial charge is 0.461 e. The van der Waals surface area contributed by atoms with Crippen molar-refractivity contribution in [3.05, 3.63) is 12.7 Å². The van der Waals surface area contributed by atoms with E-state index < -0.39 is 0 Å². The van der Waals surface area contributed by atoms with Crippen molar-refractivity contribution >= 4 is 5.97 Å². The second kappa shape index (κ2) is 11.3. The van der Waals surface area contributed by atoms with E-state index in [4.69, 9.17) is 9.47 Å². The molecule has 0 aliphatic heterocycles. The minimum absolute atomic E-state index is 0.0481. The van der Waals surface area contributed by atoms with Crippen molar-refractivity contribution in [2.75, 3.05) is 13.2 Å². The van der Waals surface area contributed by atoms with E-state index in [1.807, 2.05) is 0 Å². The molecule has 0 spiro atoms. The molecule has 0 N–H and O–H groups in total. The molecule has 4 aliphatic rings. The van der Waals surface area contributed by atoms with E-state index >= 15 is 0 Å². The summed E-state index contributed by atoms with van der Waals surface area (Å²) in [6.07, 6.45) is 17.9. The topological polar surface area (TPSA) is 35.5 Å². The molecule has 4 rings (SSSR count). The Labute approximate surface area is 216 Å². The van der Waals surface area contributed by atoms with Gasteiger partial charge in [0.25, 0.3) is 0 Å². The quantitative estimate of drug-likeness (QED) is 0.177. The van der Waals surface area contributed by atoms with Gasteiger partial charge in [0.05, 0.1) is 6.61 Å². The molecule has 0 saturated heterocycles. The fourth-order valence-electron chi connectivity index (χ4n) is 9.80. The highest BCUT2D eigenvalue weighted by atomic mass is 16.6. The fourth-order valence-corrected chi connectivity index (χ4v) is 9.80. The summed E-state index contributed by atoms with van der Waals surface area (Å²) in [5.74, 6) is 5.90. The molecular weight excluding hydrogens is 432 g/mol. The summed E-state index contributed by atoms with van der Waals surface area (Å²) in [4.78, 5) is 12.2. The van der Waals surface area contributed by atoms with Crippen molar-refractivity contribution < 1.29 is 14.3 Å². The molecule has 0 bridgehead atoms. The van der Waals surface area contributed by atoms with E-state index in [0.29, 0.717) is 23.4 Å². The van der Waals surface area contributed by atoms with Gasteiger partial charge in [0.1, 0.15) is 12.7 Å². The number of esters is 1. The highest BCUT2D eigenvalue weighted by Gasteiger charge is 2.60. The van der Waals surface area contributed by atoms with Gasteiger partial charge in [-0.1, -0.05) is 60.0 Å². The molecule has 4 saturated carbocycles. The van der Waals surface area contributed by atoms with Crippen LogP contribution in [0.2, 0.25) is 0 Å². The minimum Gasteiger partial charge on any atom is -0.461 e. The minimum atomic E-state index is -0.206. The van der Waals surface area contributed by atoms with Crippen molar-refractivity contribution in [1.82, 2.24) is 0 Å². The monoisotopic (exact) mass is 486 g/mol. The summed E-state index contributed by atoms with van der Waals surface area (Å²) in [7, 11) is 0. The summed E-state index contributed by atoms with van der Waals surface area (Å²) in [6, 6.07) is 0. The molecule has 3 heteroatoms. The van der Waals surface area contributed by atoms with Gasteiger partial charge in [-0.2, -0.15) is 0 Å². The predicted octanol–water partition coefficient (Wildman–Crippen LogP) is 8.22. The van der Waals surface area contributed by atoms with E-state index in [1.54, 1.807) is 6.08 Å². The summed E-state index contributed by atoms with van der Waals surface area (Å²) in [5.41, 5.74) is 1.01. The van der Waals surface area contributed by atoms with Gasteiger partial charge in [0.2, 0.25) is 0 Å². The smallest absolute Gasteiger partial charge is 0.332 e. The number of carbonyl (C=O) groups is 1. The van der Waals surface area contributed by atoms with E-state index in [0.717, 1.165) is 48.3 Å². The maximum atomic E-state index is 12.2. The first-order chi connectivity index (χ1) is 16.7. The van der Waals surface area contributed by atoms with Gasteiger partial charge in [0.15, 0.2) is 0 Å². The summed E-state index contributed by atoms with van der Waals surface area (Å²) in [6.45, 7) is 16.7. The molecule has 4 fully saturated rings. The Balaban J connectivity index is 1.36. The molecule has 0 aromatic rings. The third-order valence-corrected chi connectivity index (χ3v) is 11.6. The predicted molar refractivity (Wildman–Crippen MR) is 144 cm³/mol. The zero-order valence-corrected chi connectivity index (χ0v) is 23.5. The Morgan fingerprint density at radius 3 is 2.46 bits per heavy atom. The van der Waals surface area contributed by atoms with Crippen molar-refractivity contribution in [2.45, 2.75) is 118 Å². The van der Waals surface area contributed by atoms with E-state index in [9.17, 15) is 4.79 Å². The highest BCUT2D eigenvalue weighted by molar-refractivity contribution is 5.70. The Morgan fingerprint density at radius 1 is 0.971 bits per heavy atom. The average molecular weight is 487 g/mol. The van der Waals surface area contributed by atoms with Crippen LogP contribution in [0.15, 0.2) is 12.7 Å². The number of hydrogen-bond donors (Lipinski definition) is 0. The molecular formula is C32H54O3. The lowest BCUT2D eigenvalue weighted by molar-refractivity contribution is -0.166. The van der Waals surface area contributed by atoms with Crippen LogP contribution in [0, 0.1) is 52.3 Å². The van der Waals surface area contributed by atoms with Gasteiger partial charge in [-0.05, 0) is 110 Å². The van der Waals surface area contributed by atoms with Crippen LogP contribution in [0.5, 0.6) is 0 Å². The van der Waals surface area contributed by atoms with Crippen LogP contribution < -0.4 is 0 Å². The van der Waals surface area contributed by atoms with E-state index in [1.165, 1.54) is 64.2 Å². The number of hydrogen-bond acceptors (Lipinski definition) is 3. The van der Waals surface area contributed by atoms with Gasteiger partial charge >= 0.3 is 5.97 Å². The Morgan fingerprint density at radius 2 is 1.71 bits per heavy atom. The standard InChI is InChI=1S/C32H54O3/c1-7-19-34-21-30(33)35-25-15-17-31(5)24(20-25)11-12-26-28-14-13-27(23(4)10-8-9-22(2)3)32(28,6)18-16-29(26)31/h7,22-29H,1,8-21H2,2-6H3/t23-,24?,25?,26?,27-,28?,29?,31+,32-/m1/s1. The lowest BCUT2D eigenvalue weighted by Gasteiger charge is -2.61. The number of rotatable bonds is 10. The third kappa shape index (κ3) is 5.55. The number of carbonyl (C=O) groups excluding carboxylic acids is 1. The first-order valence-corrected chi connectivity index (χ1v) is 15.1.